The van der Waals surface area contributed by atoms with Gasteiger partial charge >= 0.3 is 17.9 Å². The number of amides is 1. The van der Waals surface area contributed by atoms with Crippen LogP contribution in [-0.4, -0.2) is 37.0 Å². The fraction of sp³-hybridized carbons (Fsp3) is 0.576. The Kier molecular flexibility index (Phi) is 13.1. The molecule has 8 heteroatoms. The van der Waals surface area contributed by atoms with Crippen LogP contribution in [0.15, 0.2) is 43.5 Å². The molecule has 0 atom stereocenters. The molecule has 1 aromatic rings. The lowest BCUT2D eigenvalue weighted by atomic mass is 9.69. The van der Waals surface area contributed by atoms with Crippen molar-refractivity contribution in [3.8, 4) is 5.75 Å². The van der Waals surface area contributed by atoms with E-state index in [0.29, 0.717) is 24.4 Å². The summed E-state index contributed by atoms with van der Waals surface area (Å²) in [5.74, 6) is 0.298. The average molecular weight is 568 g/mol. The monoisotopic (exact) mass is 567 g/mol. The van der Waals surface area contributed by atoms with Gasteiger partial charge in [-0.05, 0) is 93.4 Å². The van der Waals surface area contributed by atoms with Crippen LogP contribution in [0, 0.1) is 23.7 Å². The van der Waals surface area contributed by atoms with Gasteiger partial charge in [-0.25, -0.2) is 9.59 Å². The van der Waals surface area contributed by atoms with E-state index in [2.05, 4.69) is 25.4 Å². The van der Waals surface area contributed by atoms with E-state index in [1.54, 1.807) is 6.07 Å². The molecule has 2 aliphatic carbocycles. The van der Waals surface area contributed by atoms with E-state index in [0.717, 1.165) is 49.7 Å². The molecule has 224 valence electrons. The van der Waals surface area contributed by atoms with Crippen molar-refractivity contribution in [1.82, 2.24) is 0 Å². The van der Waals surface area contributed by atoms with Crippen molar-refractivity contribution in [3.05, 3.63) is 49.1 Å². The third-order valence-electron chi connectivity index (χ3n) is 8.41. The van der Waals surface area contributed by atoms with E-state index in [1.807, 2.05) is 0 Å². The first-order valence-electron chi connectivity index (χ1n) is 15.1. The molecular weight excluding hydrogens is 522 g/mol. The predicted molar refractivity (Wildman–Crippen MR) is 157 cm³/mol. The number of benzene rings is 1. The highest BCUT2D eigenvalue weighted by Gasteiger charge is 2.34. The number of hydrogen-bond acceptors (Lipinski definition) is 7. The zero-order valence-electron chi connectivity index (χ0n) is 24.4. The van der Waals surface area contributed by atoms with Gasteiger partial charge in [0.25, 0.3) is 0 Å². The fourth-order valence-electron chi connectivity index (χ4n) is 6.10. The second-order valence-electron chi connectivity index (χ2n) is 11.2. The largest absolute Gasteiger partial charge is 0.463 e. The van der Waals surface area contributed by atoms with Gasteiger partial charge in [-0.2, -0.15) is 0 Å². The number of hydrogen-bond donors (Lipinski definition) is 1. The molecule has 0 heterocycles. The number of anilines is 1. The summed E-state index contributed by atoms with van der Waals surface area (Å²) in [4.78, 5) is 49.0. The molecule has 0 bridgehead atoms. The molecular formula is C33H45NO7. The Labute approximate surface area is 243 Å². The van der Waals surface area contributed by atoms with Crippen LogP contribution >= 0.6 is 0 Å². The lowest BCUT2D eigenvalue weighted by molar-refractivity contribution is -0.140. The van der Waals surface area contributed by atoms with Gasteiger partial charge in [-0.3, -0.25) is 9.59 Å². The number of esters is 3. The van der Waals surface area contributed by atoms with E-state index in [-0.39, 0.29) is 36.4 Å². The molecule has 0 aromatic heterocycles. The Morgan fingerprint density at radius 2 is 1.51 bits per heavy atom. The van der Waals surface area contributed by atoms with E-state index >= 15 is 0 Å². The minimum Gasteiger partial charge on any atom is -0.463 e. The summed E-state index contributed by atoms with van der Waals surface area (Å²) >= 11 is 0. The molecule has 2 saturated carbocycles. The first-order chi connectivity index (χ1) is 19.8. The van der Waals surface area contributed by atoms with Gasteiger partial charge in [0.1, 0.15) is 11.3 Å². The maximum Gasteiger partial charge on any atom is 0.342 e. The Bertz CT molecular complexity index is 1070. The molecule has 0 radical (unpaired) electrons. The summed E-state index contributed by atoms with van der Waals surface area (Å²) in [5.41, 5.74) is 0.406. The molecule has 0 saturated heterocycles. The molecule has 3 rings (SSSR count). The Balaban J connectivity index is 1.56. The second-order valence-corrected chi connectivity index (χ2v) is 11.2. The number of ether oxygens (including phenoxy) is 3. The average Bonchev–Trinajstić information content (AvgIpc) is 2.99. The molecule has 0 unspecified atom stereocenters. The lowest BCUT2D eigenvalue weighted by Gasteiger charge is -2.37. The SMILES string of the molecule is C=CC(=O)Nc1ccc(OC(=O)C2CCC(C3CCC(CCC)CC3)CC2)c(C(=O)OCCCCOC(=O)C=C)c1. The van der Waals surface area contributed by atoms with Crippen molar-refractivity contribution >= 4 is 29.5 Å². The normalized spacial score (nSPS) is 22.2. The molecule has 2 fully saturated rings. The number of carbonyl (C=O) groups excluding carboxylic acids is 4. The smallest absolute Gasteiger partial charge is 0.342 e. The van der Waals surface area contributed by atoms with Crippen molar-refractivity contribution < 1.29 is 33.4 Å². The van der Waals surface area contributed by atoms with Crippen molar-refractivity contribution in [2.45, 2.75) is 84.0 Å². The first-order valence-corrected chi connectivity index (χ1v) is 15.1. The molecule has 1 N–H and O–H groups in total. The third-order valence-corrected chi connectivity index (χ3v) is 8.41. The van der Waals surface area contributed by atoms with Crippen LogP contribution < -0.4 is 10.1 Å². The minimum absolute atomic E-state index is 0.0517. The van der Waals surface area contributed by atoms with Crippen LogP contribution in [0.4, 0.5) is 5.69 Å². The van der Waals surface area contributed by atoms with Crippen LogP contribution in [0.3, 0.4) is 0 Å². The summed E-state index contributed by atoms with van der Waals surface area (Å²) in [6, 6.07) is 4.51. The van der Waals surface area contributed by atoms with Crippen molar-refractivity contribution in [2.24, 2.45) is 23.7 Å². The van der Waals surface area contributed by atoms with E-state index in [9.17, 15) is 19.2 Å². The summed E-state index contributed by atoms with van der Waals surface area (Å²) < 4.78 is 16.1. The van der Waals surface area contributed by atoms with Gasteiger partial charge in [0.2, 0.25) is 5.91 Å². The van der Waals surface area contributed by atoms with E-state index < -0.39 is 17.8 Å². The van der Waals surface area contributed by atoms with Gasteiger partial charge in [-0.1, -0.05) is 45.8 Å². The van der Waals surface area contributed by atoms with Crippen molar-refractivity contribution in [2.75, 3.05) is 18.5 Å². The minimum atomic E-state index is -0.673. The summed E-state index contributed by atoms with van der Waals surface area (Å²) in [7, 11) is 0. The van der Waals surface area contributed by atoms with Crippen LogP contribution in [0.5, 0.6) is 5.75 Å². The Hall–Kier alpha value is -3.42. The molecule has 41 heavy (non-hydrogen) atoms. The topological polar surface area (TPSA) is 108 Å². The first kappa shape index (κ1) is 32.1. The van der Waals surface area contributed by atoms with Gasteiger partial charge in [0.05, 0.1) is 19.1 Å². The van der Waals surface area contributed by atoms with Gasteiger partial charge < -0.3 is 19.5 Å². The summed E-state index contributed by atoms with van der Waals surface area (Å²) in [5, 5.41) is 2.61. The van der Waals surface area contributed by atoms with E-state index in [4.69, 9.17) is 14.2 Å². The quantitative estimate of drug-likeness (QED) is 0.114. The number of rotatable bonds is 14. The predicted octanol–water partition coefficient (Wildman–Crippen LogP) is 6.80. The zero-order chi connectivity index (χ0) is 29.6. The zero-order valence-corrected chi connectivity index (χ0v) is 24.4. The van der Waals surface area contributed by atoms with Gasteiger partial charge in [0, 0.05) is 11.8 Å². The second kappa shape index (κ2) is 16.7. The lowest BCUT2D eigenvalue weighted by Crippen LogP contribution is -2.30. The molecule has 1 amide bonds. The van der Waals surface area contributed by atoms with Gasteiger partial charge in [0.15, 0.2) is 0 Å². The summed E-state index contributed by atoms with van der Waals surface area (Å²) in [6.45, 7) is 9.33. The maximum absolute atomic E-state index is 13.2. The standard InChI is InChI=1S/C33H45NO7/c1-4-9-23-10-12-24(13-11-23)25-14-16-26(17-15-25)32(37)41-29-19-18-27(34-30(35)5-2)22-28(29)33(38)40-21-8-7-20-39-31(36)6-3/h5-6,18-19,22-26H,2-4,7-17,20-21H2,1H3,(H,34,35). The molecule has 1 aromatic carbocycles. The molecule has 0 spiro atoms. The van der Waals surface area contributed by atoms with Crippen LogP contribution in [0.2, 0.25) is 0 Å². The van der Waals surface area contributed by atoms with Gasteiger partial charge in [-0.15, -0.1) is 0 Å². The Morgan fingerprint density at radius 3 is 2.12 bits per heavy atom. The third kappa shape index (κ3) is 10.2. The number of nitrogens with one attached hydrogen (secondary N) is 1. The molecule has 0 aliphatic heterocycles. The Morgan fingerprint density at radius 1 is 0.878 bits per heavy atom. The van der Waals surface area contributed by atoms with Crippen LogP contribution in [0.25, 0.3) is 0 Å². The highest BCUT2D eigenvalue weighted by Crippen LogP contribution is 2.42. The fourth-order valence-corrected chi connectivity index (χ4v) is 6.10. The summed E-state index contributed by atoms with van der Waals surface area (Å²) in [6.07, 6.45) is 14.8. The molecule has 8 nitrogen and oxygen atoms in total. The number of carbonyl (C=O) groups is 4. The maximum atomic E-state index is 13.2. The van der Waals surface area contributed by atoms with Crippen molar-refractivity contribution in [1.29, 1.82) is 0 Å². The van der Waals surface area contributed by atoms with Crippen LogP contribution in [-0.2, 0) is 23.9 Å². The van der Waals surface area contributed by atoms with Crippen molar-refractivity contribution in [3.63, 3.8) is 0 Å². The number of unbranched alkanes of at least 4 members (excludes halogenated alkanes) is 1. The molecule has 2 aliphatic rings. The van der Waals surface area contributed by atoms with Crippen LogP contribution in [0.1, 0.15) is 94.3 Å². The van der Waals surface area contributed by atoms with E-state index in [1.165, 1.54) is 50.7 Å². The highest BCUT2D eigenvalue weighted by atomic mass is 16.6. The highest BCUT2D eigenvalue weighted by molar-refractivity contribution is 6.01.